The van der Waals surface area contributed by atoms with E-state index in [4.69, 9.17) is 0 Å². The lowest BCUT2D eigenvalue weighted by molar-refractivity contribution is 0.630. The second-order valence-electron chi connectivity index (χ2n) is 6.81. The first kappa shape index (κ1) is 13.6. The van der Waals surface area contributed by atoms with Crippen LogP contribution < -0.4 is 0 Å². The van der Waals surface area contributed by atoms with Gasteiger partial charge >= 0.3 is 0 Å². The zero-order valence-electron chi connectivity index (χ0n) is 13.2. The van der Waals surface area contributed by atoms with Crippen molar-refractivity contribution >= 4 is 43.5 Å². The third-order valence-corrected chi connectivity index (χ3v) is 7.71. The zero-order valence-corrected chi connectivity index (χ0v) is 14.8. The minimum Gasteiger partial charge on any atom is -0.207 e. The van der Waals surface area contributed by atoms with E-state index < -0.39 is 0 Å². The number of fused-ring (bicyclic) bond motifs is 4. The van der Waals surface area contributed by atoms with E-state index >= 15 is 0 Å². The van der Waals surface area contributed by atoms with E-state index in [-0.39, 0.29) is 10.9 Å². The summed E-state index contributed by atoms with van der Waals surface area (Å²) in [5, 5.41) is 10.4. The number of benzene rings is 3. The molecule has 122 valence electrons. The fraction of sp³-hybridized carbons (Fsp3) is 0. The van der Waals surface area contributed by atoms with E-state index in [0.29, 0.717) is 0 Å². The van der Waals surface area contributed by atoms with Crippen LogP contribution in [0.2, 0.25) is 0 Å². The van der Waals surface area contributed by atoms with Gasteiger partial charge < -0.3 is 0 Å². The normalized spacial score (nSPS) is 13.0. The fourth-order valence-electron chi connectivity index (χ4n) is 4.60. The Morgan fingerprint density at radius 3 is 2.23 bits per heavy atom. The molecule has 0 atom stereocenters. The molecular formula is C22H8F2S2. The smallest absolute Gasteiger partial charge is 0.177 e. The SMILES string of the molecule is Fc1ccc2c3c(sc2c1)=c1ccc2c4c(ccc=3c14)=c1sc(F)cc1=2. The topological polar surface area (TPSA) is 0 Å². The first-order chi connectivity index (χ1) is 12.7. The molecule has 0 aliphatic heterocycles. The van der Waals surface area contributed by atoms with E-state index in [1.165, 1.54) is 48.4 Å². The zero-order chi connectivity index (χ0) is 17.2. The maximum atomic E-state index is 13.8. The number of hydrogen-bond acceptors (Lipinski definition) is 2. The Balaban J connectivity index is 1.92. The summed E-state index contributed by atoms with van der Waals surface area (Å²) in [6, 6.07) is 15.2. The Morgan fingerprint density at radius 2 is 1.35 bits per heavy atom. The van der Waals surface area contributed by atoms with E-state index in [0.717, 1.165) is 30.3 Å². The van der Waals surface area contributed by atoms with E-state index in [1.54, 1.807) is 23.5 Å². The van der Waals surface area contributed by atoms with Crippen molar-refractivity contribution in [1.29, 1.82) is 0 Å². The number of rotatable bonds is 0. The minimum absolute atomic E-state index is 0.135. The minimum atomic E-state index is -0.196. The van der Waals surface area contributed by atoms with Gasteiger partial charge in [-0.2, -0.15) is 4.39 Å². The summed E-state index contributed by atoms with van der Waals surface area (Å²) >= 11 is 2.88. The molecule has 0 nitrogen and oxygen atoms in total. The van der Waals surface area contributed by atoms with Crippen molar-refractivity contribution in [2.45, 2.75) is 0 Å². The molecule has 2 aliphatic carbocycles. The summed E-state index contributed by atoms with van der Waals surface area (Å²) in [7, 11) is 0. The van der Waals surface area contributed by atoms with Gasteiger partial charge in [-0.1, -0.05) is 24.3 Å². The molecular weight excluding hydrogens is 366 g/mol. The molecule has 4 heteroatoms. The van der Waals surface area contributed by atoms with Gasteiger partial charge in [0.2, 0.25) is 0 Å². The highest BCUT2D eigenvalue weighted by Gasteiger charge is 2.16. The maximum absolute atomic E-state index is 13.8. The predicted molar refractivity (Wildman–Crippen MR) is 101 cm³/mol. The molecule has 0 saturated heterocycles. The molecule has 2 aromatic heterocycles. The van der Waals surface area contributed by atoms with Crippen molar-refractivity contribution in [1.82, 2.24) is 0 Å². The van der Waals surface area contributed by atoms with Crippen LogP contribution >= 0.6 is 22.7 Å². The van der Waals surface area contributed by atoms with Gasteiger partial charge in [0.1, 0.15) is 5.82 Å². The Bertz CT molecular complexity index is 1820. The molecule has 2 heterocycles. The monoisotopic (exact) mass is 374 g/mol. The van der Waals surface area contributed by atoms with Crippen LogP contribution in [0, 0.1) is 51.3 Å². The molecule has 0 saturated carbocycles. The van der Waals surface area contributed by atoms with Gasteiger partial charge in [-0.25, -0.2) is 4.39 Å². The summed E-state index contributed by atoms with van der Waals surface area (Å²) in [5.74, 6) is -0.196. The third-order valence-electron chi connectivity index (χ3n) is 5.56. The summed E-state index contributed by atoms with van der Waals surface area (Å²) in [6.45, 7) is 0. The number of halogens is 2. The average molecular weight is 374 g/mol. The van der Waals surface area contributed by atoms with Crippen molar-refractivity contribution in [3.63, 3.8) is 0 Å². The van der Waals surface area contributed by atoms with Crippen LogP contribution in [0.4, 0.5) is 8.78 Å². The van der Waals surface area contributed by atoms with Crippen LogP contribution in [0.5, 0.6) is 0 Å². The summed E-state index contributed by atoms with van der Waals surface area (Å²) in [4.78, 5) is 0. The second-order valence-corrected chi connectivity index (χ2v) is 8.87. The molecule has 7 rings (SSSR count). The highest BCUT2D eigenvalue weighted by molar-refractivity contribution is 7.17. The predicted octanol–water partition coefficient (Wildman–Crippen LogP) is 6.17. The molecule has 0 radical (unpaired) electrons. The van der Waals surface area contributed by atoms with E-state index in [1.807, 2.05) is 6.07 Å². The molecule has 0 fully saturated rings. The van der Waals surface area contributed by atoms with Gasteiger partial charge in [0.05, 0.1) is 0 Å². The molecule has 0 amide bonds. The third kappa shape index (κ3) is 1.38. The Morgan fingerprint density at radius 1 is 0.615 bits per heavy atom. The van der Waals surface area contributed by atoms with Gasteiger partial charge in [0.25, 0.3) is 0 Å². The van der Waals surface area contributed by atoms with Gasteiger partial charge in [-0.05, 0) is 45.5 Å². The molecule has 0 N–H and O–H groups in total. The highest BCUT2D eigenvalue weighted by atomic mass is 32.1. The summed E-state index contributed by atoms with van der Waals surface area (Å²) in [5.41, 5.74) is 0. The first-order valence-corrected chi connectivity index (χ1v) is 9.96. The largest absolute Gasteiger partial charge is 0.207 e. The van der Waals surface area contributed by atoms with Gasteiger partial charge in [-0.3, -0.25) is 0 Å². The van der Waals surface area contributed by atoms with Crippen molar-refractivity contribution in [2.75, 3.05) is 0 Å². The van der Waals surface area contributed by atoms with Crippen molar-refractivity contribution in [3.05, 3.63) is 99.9 Å². The molecule has 0 spiro atoms. The molecule has 5 aromatic rings. The van der Waals surface area contributed by atoms with Crippen molar-refractivity contribution < 1.29 is 8.78 Å². The average Bonchev–Trinajstić information content (AvgIpc) is 3.32. The lowest BCUT2D eigenvalue weighted by atomic mass is 10.1. The Hall–Kier alpha value is -2.56. The van der Waals surface area contributed by atoms with E-state index in [9.17, 15) is 8.78 Å². The lowest BCUT2D eigenvalue weighted by Crippen LogP contribution is -1.80. The van der Waals surface area contributed by atoms with Crippen molar-refractivity contribution in [2.24, 2.45) is 0 Å². The molecule has 26 heavy (non-hydrogen) atoms. The molecule has 0 bridgehead atoms. The lowest BCUT2D eigenvalue weighted by Gasteiger charge is -1.99. The van der Waals surface area contributed by atoms with Crippen LogP contribution in [-0.2, 0) is 0 Å². The standard InChI is InChI=1S/C22H8F2S2/c23-9-1-2-11-16(7-9)25-22-14-5-3-10-15-8-17(24)26-21(15)13-6-4-12(20(11)22)19(14)18(10)13/h1-8H. The summed E-state index contributed by atoms with van der Waals surface area (Å²) in [6.07, 6.45) is 0. The second kappa shape index (κ2) is 4.22. The van der Waals surface area contributed by atoms with Crippen LogP contribution in [0.1, 0.15) is 0 Å². The van der Waals surface area contributed by atoms with Gasteiger partial charge in [0.15, 0.2) is 5.13 Å². The van der Waals surface area contributed by atoms with Crippen LogP contribution in [0.15, 0.2) is 48.5 Å². The Kier molecular flexibility index (Phi) is 2.21. The quantitative estimate of drug-likeness (QED) is 0.298. The fourth-order valence-corrected chi connectivity index (χ4v) is 6.80. The summed E-state index contributed by atoms with van der Waals surface area (Å²) < 4.78 is 30.7. The van der Waals surface area contributed by atoms with Crippen LogP contribution in [0.25, 0.3) is 20.9 Å². The maximum Gasteiger partial charge on any atom is 0.177 e. The highest BCUT2D eigenvalue weighted by Crippen LogP contribution is 2.36. The molecule has 3 aromatic carbocycles. The van der Waals surface area contributed by atoms with E-state index in [2.05, 4.69) is 24.3 Å². The number of hydrogen-bond donors (Lipinski definition) is 0. The van der Waals surface area contributed by atoms with Gasteiger partial charge in [0, 0.05) is 40.0 Å². The van der Waals surface area contributed by atoms with Crippen LogP contribution in [0.3, 0.4) is 0 Å². The number of thiophene rings is 2. The first-order valence-electron chi connectivity index (χ1n) is 8.33. The Labute approximate surface area is 152 Å². The van der Waals surface area contributed by atoms with Gasteiger partial charge in [-0.15, -0.1) is 22.7 Å². The molecule has 2 aliphatic rings. The van der Waals surface area contributed by atoms with Crippen LogP contribution in [-0.4, -0.2) is 0 Å². The molecule has 0 unspecified atom stereocenters. The van der Waals surface area contributed by atoms with Crippen molar-refractivity contribution in [3.8, 4) is 0 Å².